The average Bonchev–Trinajstić information content (AvgIpc) is 2.18. The van der Waals surface area contributed by atoms with Crippen LogP contribution >= 0.6 is 0 Å². The summed E-state index contributed by atoms with van der Waals surface area (Å²) in [5, 5.41) is 23.7. The van der Waals surface area contributed by atoms with E-state index >= 15 is 0 Å². The molecule has 0 rings (SSSR count). The van der Waals surface area contributed by atoms with Crippen molar-refractivity contribution in [2.75, 3.05) is 0 Å². The van der Waals surface area contributed by atoms with Crippen molar-refractivity contribution >= 4 is 44.1 Å². The van der Waals surface area contributed by atoms with Crippen LogP contribution in [0.4, 0.5) is 0 Å². The van der Waals surface area contributed by atoms with Crippen molar-refractivity contribution in [3.05, 3.63) is 0 Å². The molecule has 0 aromatic carbocycles. The van der Waals surface area contributed by atoms with Gasteiger partial charge in [0, 0.05) is 45.5 Å². The predicted octanol–water partition coefficient (Wildman–Crippen LogP) is 2.23. The Hall–Kier alpha value is -0.707. The Morgan fingerprint density at radius 3 is 0.789 bits per heavy atom. The van der Waals surface area contributed by atoms with Crippen LogP contribution in [0.3, 0.4) is 0 Å². The number of carboxylic acid groups (broad SMARTS) is 3. The topological polar surface area (TPSA) is 112 Å². The Kier molecular flexibility index (Phi) is 31.7. The summed E-state index contributed by atoms with van der Waals surface area (Å²) < 4.78 is 0. The van der Waals surface area contributed by atoms with Crippen molar-refractivity contribution in [3.8, 4) is 0 Å². The van der Waals surface area contributed by atoms with Gasteiger partial charge < -0.3 is 15.3 Å². The van der Waals surface area contributed by atoms with Crippen molar-refractivity contribution in [3.63, 3.8) is 0 Å². The number of carboxylic acids is 3. The van der Waals surface area contributed by atoms with E-state index in [1.54, 1.807) is 0 Å². The summed E-state index contributed by atoms with van der Waals surface area (Å²) in [7, 11) is 0. The molecule has 0 unspecified atom stereocenters. The molecular weight excluding hydrogens is 449 g/mol. The maximum Gasteiger partial charge on any atom is 0.303 e. The number of rotatable bonds is 6. The van der Waals surface area contributed by atoms with Gasteiger partial charge in [-0.1, -0.05) is 20.8 Å². The molecule has 0 fully saturated rings. The van der Waals surface area contributed by atoms with E-state index in [2.05, 4.69) is 0 Å². The first-order valence-corrected chi connectivity index (χ1v) is 5.97. The minimum absolute atomic E-state index is 0. The summed E-state index contributed by atoms with van der Waals surface area (Å²) in [5.41, 5.74) is 0. The van der Waals surface area contributed by atoms with Crippen LogP contribution in [-0.4, -0.2) is 59.4 Å². The summed E-state index contributed by atoms with van der Waals surface area (Å²) in [4.78, 5) is 28.8. The van der Waals surface area contributed by atoms with Gasteiger partial charge in [-0.15, -0.1) is 0 Å². The van der Waals surface area contributed by atoms with Crippen LogP contribution in [0.2, 0.25) is 0 Å². The van der Waals surface area contributed by atoms with Gasteiger partial charge in [0.1, 0.15) is 0 Å². The van der Waals surface area contributed by atoms with Crippen LogP contribution in [0.25, 0.3) is 0 Å². The molecule has 0 aromatic heterocycles. The molecule has 0 atom stereocenters. The summed E-state index contributed by atoms with van der Waals surface area (Å²) in [5.74, 6) is -2.13. The molecule has 0 bridgehead atoms. The zero-order valence-corrected chi connectivity index (χ0v) is 15.2. The van der Waals surface area contributed by atoms with Crippen molar-refractivity contribution < 1.29 is 29.7 Å². The average molecular weight is 473 g/mol. The van der Waals surface area contributed by atoms with Crippen LogP contribution in [0.15, 0.2) is 0 Å². The molecule has 0 saturated heterocycles. The fourth-order valence-corrected chi connectivity index (χ4v) is 0.642. The normalized spacial score (nSPS) is 7.74. The van der Waals surface area contributed by atoms with Crippen molar-refractivity contribution in [1.29, 1.82) is 0 Å². The minimum atomic E-state index is -0.711. The van der Waals surface area contributed by atoms with Gasteiger partial charge in [-0.05, 0) is 19.3 Å². The second-order valence-corrected chi connectivity index (χ2v) is 3.43. The minimum Gasteiger partial charge on any atom is -0.481 e. The third-order valence-electron chi connectivity index (χ3n) is 1.39. The number of aliphatic carboxylic acids is 3. The molecular formula is C12H24BiO6. The largest absolute Gasteiger partial charge is 0.481 e. The monoisotopic (exact) mass is 473 g/mol. The van der Waals surface area contributed by atoms with Gasteiger partial charge in [0.25, 0.3) is 0 Å². The standard InChI is InChI=1S/3C4H8O2.Bi/c3*1-2-3-4(5)6;/h3*2-3H2,1H3,(H,5,6);. The molecule has 0 spiro atoms. The summed E-state index contributed by atoms with van der Waals surface area (Å²) in [6.45, 7) is 5.52. The van der Waals surface area contributed by atoms with Gasteiger partial charge in [0.05, 0.1) is 0 Å². The molecule has 0 aliphatic heterocycles. The number of hydrogen-bond acceptors (Lipinski definition) is 3. The fraction of sp³-hybridized carbons (Fsp3) is 0.750. The quantitative estimate of drug-likeness (QED) is 0.511. The maximum atomic E-state index is 9.60. The van der Waals surface area contributed by atoms with Crippen LogP contribution in [0.5, 0.6) is 0 Å². The Bertz CT molecular complexity index is 192. The van der Waals surface area contributed by atoms with Crippen molar-refractivity contribution in [1.82, 2.24) is 0 Å². The van der Waals surface area contributed by atoms with E-state index in [-0.39, 0.29) is 26.2 Å². The van der Waals surface area contributed by atoms with E-state index < -0.39 is 17.9 Å². The molecule has 6 nitrogen and oxygen atoms in total. The molecule has 0 amide bonds. The van der Waals surface area contributed by atoms with E-state index in [0.29, 0.717) is 19.3 Å². The van der Waals surface area contributed by atoms with Crippen LogP contribution < -0.4 is 0 Å². The Morgan fingerprint density at radius 1 is 0.632 bits per heavy atom. The molecule has 0 saturated carbocycles. The molecule has 19 heavy (non-hydrogen) atoms. The van der Waals surface area contributed by atoms with Gasteiger partial charge in [-0.25, -0.2) is 0 Å². The first kappa shape index (κ1) is 26.8. The van der Waals surface area contributed by atoms with E-state index in [4.69, 9.17) is 15.3 Å². The van der Waals surface area contributed by atoms with E-state index in [1.165, 1.54) is 0 Å². The summed E-state index contributed by atoms with van der Waals surface area (Å²) in [6.07, 6.45) is 3.07. The Labute approximate surface area is 133 Å². The smallest absolute Gasteiger partial charge is 0.303 e. The zero-order chi connectivity index (χ0) is 15.0. The number of carbonyl (C=O) groups is 3. The molecule has 0 aliphatic rings. The van der Waals surface area contributed by atoms with Gasteiger partial charge in [0.2, 0.25) is 0 Å². The summed E-state index contributed by atoms with van der Waals surface area (Å²) >= 11 is 0. The van der Waals surface area contributed by atoms with Crippen LogP contribution in [-0.2, 0) is 14.4 Å². The maximum absolute atomic E-state index is 9.60. The molecule has 3 N–H and O–H groups in total. The molecule has 3 radical (unpaired) electrons. The van der Waals surface area contributed by atoms with Crippen LogP contribution in [0, 0.1) is 0 Å². The molecule has 0 heterocycles. The first-order valence-electron chi connectivity index (χ1n) is 5.97. The van der Waals surface area contributed by atoms with Gasteiger partial charge in [-0.2, -0.15) is 0 Å². The molecule has 7 heteroatoms. The number of hydrogen-bond donors (Lipinski definition) is 3. The second-order valence-electron chi connectivity index (χ2n) is 3.43. The zero-order valence-electron chi connectivity index (χ0n) is 11.8. The first-order chi connectivity index (χ1) is 8.31. The summed E-state index contributed by atoms with van der Waals surface area (Å²) in [6, 6.07) is 0. The second kappa shape index (κ2) is 22.5. The SMILES string of the molecule is CCCC(=O)O.CCCC(=O)O.CCCC(=O)O.[Bi]. The van der Waals surface area contributed by atoms with E-state index in [9.17, 15) is 14.4 Å². The Balaban J connectivity index is -0.0000000865. The van der Waals surface area contributed by atoms with E-state index in [0.717, 1.165) is 19.3 Å². The molecule has 0 aromatic rings. The molecule has 113 valence electrons. The third kappa shape index (κ3) is 58.8. The van der Waals surface area contributed by atoms with Gasteiger partial charge in [-0.3, -0.25) is 14.4 Å². The van der Waals surface area contributed by atoms with Gasteiger partial charge in [0.15, 0.2) is 0 Å². The van der Waals surface area contributed by atoms with Crippen molar-refractivity contribution in [2.24, 2.45) is 0 Å². The third-order valence-corrected chi connectivity index (χ3v) is 1.39. The van der Waals surface area contributed by atoms with Crippen LogP contribution in [0.1, 0.15) is 59.3 Å². The fourth-order valence-electron chi connectivity index (χ4n) is 0.642. The Morgan fingerprint density at radius 2 is 0.789 bits per heavy atom. The van der Waals surface area contributed by atoms with Crippen molar-refractivity contribution in [2.45, 2.75) is 59.3 Å². The van der Waals surface area contributed by atoms with E-state index in [1.807, 2.05) is 20.8 Å². The predicted molar refractivity (Wildman–Crippen MR) is 73.4 cm³/mol. The van der Waals surface area contributed by atoms with Gasteiger partial charge >= 0.3 is 17.9 Å². The molecule has 0 aliphatic carbocycles.